The summed E-state index contributed by atoms with van der Waals surface area (Å²) in [6.07, 6.45) is 0.924. The molecule has 0 saturated carbocycles. The van der Waals surface area contributed by atoms with Gasteiger partial charge < -0.3 is 136 Å². The van der Waals surface area contributed by atoms with Crippen molar-refractivity contribution in [2.75, 3.05) is 76.7 Å². The minimum atomic E-state index is -1.89. The summed E-state index contributed by atoms with van der Waals surface area (Å²) in [6.45, 7) is 17.8. The third-order valence-corrected chi connectivity index (χ3v) is 26.5. The van der Waals surface area contributed by atoms with Crippen molar-refractivity contribution >= 4 is 17.9 Å². The molecule has 7 aliphatic heterocycles. The number of hydrogen-bond acceptors (Lipinski definition) is 31. The Morgan fingerprint density at radius 1 is 0.460 bits per heavy atom. The Hall–Kier alpha value is -4.15. The van der Waals surface area contributed by atoms with Crippen molar-refractivity contribution in [3.05, 3.63) is 71.9 Å². The van der Waals surface area contributed by atoms with Crippen LogP contribution in [0.4, 0.5) is 0 Å². The summed E-state index contributed by atoms with van der Waals surface area (Å²) in [5, 5.41) is 105. The van der Waals surface area contributed by atoms with E-state index in [-0.39, 0.29) is 113 Å². The molecule has 4 saturated heterocycles. The summed E-state index contributed by atoms with van der Waals surface area (Å²) < 4.78 is 117. The first kappa shape index (κ1) is 107. The quantitative estimate of drug-likeness (QED) is 0.0213. The second-order valence-corrected chi connectivity index (χ2v) is 36.1. The van der Waals surface area contributed by atoms with Crippen LogP contribution >= 0.6 is 0 Å². The Bertz CT molecular complexity index is 3250. The first-order valence-corrected chi connectivity index (χ1v) is 45.2. The van der Waals surface area contributed by atoms with Crippen molar-refractivity contribution in [2.45, 2.75) is 387 Å². The van der Waals surface area contributed by atoms with E-state index in [1.165, 1.54) is 47.7 Å². The molecule has 7 rings (SSSR count). The van der Waals surface area contributed by atoms with Crippen molar-refractivity contribution in [1.82, 2.24) is 0 Å². The predicted molar refractivity (Wildman–Crippen MR) is 458 cm³/mol. The molecule has 0 aromatic carbocycles. The van der Waals surface area contributed by atoms with Crippen molar-refractivity contribution in [1.29, 1.82) is 0 Å². The van der Waals surface area contributed by atoms with Crippen LogP contribution in [0.25, 0.3) is 0 Å². The highest BCUT2D eigenvalue weighted by molar-refractivity contribution is 5.83. The van der Waals surface area contributed by atoms with Gasteiger partial charge in [-0.05, 0) is 129 Å². The number of fused-ring (bicyclic) bond motifs is 4. The number of aliphatic hydroxyl groups excluding tert-OH is 9. The molecule has 0 aromatic rings. The van der Waals surface area contributed by atoms with E-state index in [1.54, 1.807) is 54.3 Å². The fourth-order valence-corrected chi connectivity index (χ4v) is 18.4. The van der Waals surface area contributed by atoms with Gasteiger partial charge in [0.15, 0.2) is 24.8 Å². The lowest BCUT2D eigenvalue weighted by atomic mass is 9.83. The molecule has 7 heterocycles. The Kier molecular flexibility index (Phi) is 47.1. The van der Waals surface area contributed by atoms with Crippen LogP contribution in [0, 0.1) is 35.5 Å². The summed E-state index contributed by atoms with van der Waals surface area (Å²) >= 11 is 0. The second kappa shape index (κ2) is 54.6. The Balaban J connectivity index is 1.21. The third kappa shape index (κ3) is 33.9. The second-order valence-electron chi connectivity index (χ2n) is 36.1. The molecular weight excluding hydrogens is 1610 g/mol. The maximum Gasteiger partial charge on any atom is 0.337 e. The maximum absolute atomic E-state index is 14.4. The fourth-order valence-electron chi connectivity index (χ4n) is 18.4. The average molecular weight is 1770 g/mol. The van der Waals surface area contributed by atoms with Crippen molar-refractivity contribution < 1.29 is 150 Å². The zero-order valence-electron chi connectivity index (χ0n) is 76.9. The highest BCUT2D eigenvalue weighted by Gasteiger charge is 2.48. The van der Waals surface area contributed by atoms with Crippen LogP contribution in [-0.2, 0) is 104 Å². The minimum Gasteiger partial charge on any atom is -0.459 e. The van der Waals surface area contributed by atoms with Crippen molar-refractivity contribution in [3.8, 4) is 0 Å². The molecule has 0 aromatic heterocycles. The first-order chi connectivity index (χ1) is 59.1. The van der Waals surface area contributed by atoms with Gasteiger partial charge >= 0.3 is 17.9 Å². The Labute approximate surface area is 736 Å². The fraction of sp³-hybridized carbons (Fsp3) is 0.839. The lowest BCUT2D eigenvalue weighted by Gasteiger charge is -2.42. The lowest BCUT2D eigenvalue weighted by molar-refractivity contribution is -0.296. The maximum atomic E-state index is 14.4. The van der Waals surface area contributed by atoms with E-state index in [1.807, 2.05) is 84.9 Å². The van der Waals surface area contributed by atoms with Crippen LogP contribution in [0.15, 0.2) is 71.9 Å². The van der Waals surface area contributed by atoms with Crippen LogP contribution in [0.1, 0.15) is 198 Å². The number of cyclic esters (lactones) is 2. The topological polar surface area (TPSA) is 409 Å². The number of methoxy groups -OCH3 is 8. The van der Waals surface area contributed by atoms with Gasteiger partial charge in [0.25, 0.3) is 0 Å². The van der Waals surface area contributed by atoms with Gasteiger partial charge in [-0.3, -0.25) is 0 Å². The van der Waals surface area contributed by atoms with Crippen LogP contribution in [-0.4, -0.2) is 330 Å². The van der Waals surface area contributed by atoms with Gasteiger partial charge in [-0.1, -0.05) is 101 Å². The predicted octanol–water partition coefficient (Wildman–Crippen LogP) is 8.06. The number of carbonyl (C=O) groups is 3. The molecule has 37 atom stereocenters. The first-order valence-electron chi connectivity index (χ1n) is 45.2. The largest absolute Gasteiger partial charge is 0.459 e. The van der Waals surface area contributed by atoms with E-state index in [9.17, 15) is 60.3 Å². The number of rotatable bonds is 27. The van der Waals surface area contributed by atoms with Crippen LogP contribution in [0.3, 0.4) is 0 Å². The van der Waals surface area contributed by atoms with Gasteiger partial charge in [-0.25, -0.2) is 14.4 Å². The number of aliphatic hydroxyl groups is 9. The number of esters is 3. The lowest BCUT2D eigenvalue weighted by Crippen LogP contribution is -2.58. The zero-order chi connectivity index (χ0) is 91.0. The van der Waals surface area contributed by atoms with Gasteiger partial charge in [0.2, 0.25) is 0 Å². The summed E-state index contributed by atoms with van der Waals surface area (Å²) in [7, 11) is 12.3. The van der Waals surface area contributed by atoms with Gasteiger partial charge in [0, 0.05) is 131 Å². The van der Waals surface area contributed by atoms with Gasteiger partial charge in [0.1, 0.15) is 42.7 Å². The zero-order valence-corrected chi connectivity index (χ0v) is 76.9. The van der Waals surface area contributed by atoms with E-state index in [0.29, 0.717) is 68.9 Å². The van der Waals surface area contributed by atoms with Crippen LogP contribution in [0.5, 0.6) is 0 Å². The number of allylic oxidation sites excluding steroid dienone is 4. The molecule has 31 heteroatoms. The van der Waals surface area contributed by atoms with Gasteiger partial charge in [0.05, 0.1) is 142 Å². The van der Waals surface area contributed by atoms with E-state index < -0.39 is 201 Å². The van der Waals surface area contributed by atoms with E-state index >= 15 is 0 Å². The van der Waals surface area contributed by atoms with Crippen LogP contribution < -0.4 is 0 Å². The molecule has 7 aliphatic rings. The normalized spacial score (nSPS) is 40.2. The monoisotopic (exact) mass is 1770 g/mol. The summed E-state index contributed by atoms with van der Waals surface area (Å²) in [4.78, 5) is 41.9. The molecule has 0 spiro atoms. The Morgan fingerprint density at radius 3 is 1.27 bits per heavy atom. The molecule has 0 radical (unpaired) electrons. The number of carbonyl (C=O) groups excluding carboxylic acids is 3. The summed E-state index contributed by atoms with van der Waals surface area (Å²) in [6, 6.07) is 0. The smallest absolute Gasteiger partial charge is 0.337 e. The summed E-state index contributed by atoms with van der Waals surface area (Å²) in [5.74, 6) is -5.84. The summed E-state index contributed by atoms with van der Waals surface area (Å²) in [5.41, 5.74) is 1.23. The Morgan fingerprint density at radius 2 is 0.871 bits per heavy atom. The molecule has 124 heavy (non-hydrogen) atoms. The SMILES string of the molecule is CO[C@H]1C[C@H](CC[C@H](C)[C@H](O)[C@H](C)[C@@H]2C[C@H](O)C[C@H](O)[C@H](C)[C@@H](OC)C[C@@H]3CC=C[C@@H](C[C@@H](O[C@H]4OC[C@H](OC)[C@@H](OC)[C@@H]4OC(=O)[C@H](O)CO)C/C=C(C)/C=C/C(=O)O[C@H]([C@@H](C)[C@@H](O)[C@@H](C)CC[C@H]4C[C@H](OC)C[C@H](C)O4)C[C@H](O)C[C@H](O)[C@H](C)[C@@H](OC)C[C@@H]4CC=C[C@@H](C[C@@H](O[C@H]5OC[C@H](OC)[C@@H](OC)[C@@H]5O)C/C=C(C)/C=C\C(=O)O2)O4)O3)O[C@@H](C)C1. The highest BCUT2D eigenvalue weighted by Crippen LogP contribution is 2.38. The van der Waals surface area contributed by atoms with E-state index in [2.05, 4.69) is 0 Å². The van der Waals surface area contributed by atoms with Crippen molar-refractivity contribution in [2.24, 2.45) is 35.5 Å². The van der Waals surface area contributed by atoms with Gasteiger partial charge in [-0.2, -0.15) is 0 Å². The van der Waals surface area contributed by atoms with Crippen molar-refractivity contribution in [3.63, 3.8) is 0 Å². The molecule has 0 unspecified atom stereocenters. The molecule has 9 N–H and O–H groups in total. The molecule has 0 amide bonds. The molecule has 714 valence electrons. The number of hydrogen-bond donors (Lipinski definition) is 9. The molecular formula is C93H156O31. The van der Waals surface area contributed by atoms with Gasteiger partial charge in [-0.15, -0.1) is 0 Å². The molecule has 4 fully saturated rings. The minimum absolute atomic E-state index is 0.000978. The number of ether oxygens (including phenoxy) is 19. The standard InChI is InChI=1S/C93H156O31/c1-52-25-31-70(120-92-87(104)88(112-17)81(110-15)50-114-92)43-64-21-19-23-66(118-64)47-77(108-13)58(7)74(97)39-62(95)42-80(61(10)86(103)55(4)30-34-69-46-73(107-12)38-57(6)117-69)123-84(101)36-28-53(2)26-32-71(121-93-90(124-91(105)76(99)49-94)89(113-18)82(111-16)51-115-93)44-65-22-20-24-67(119-65)48-78(109-14)59(8)75(98)40-63(96)41-79(122-83(100)35-27-52)60(9)85(102)54(3)29-33-68-45-72(106-11)37-56(5)116-68/h19-22,25-28,35-36,54-82,85-90,92-99,102-104H,23-24,29-34,37-51H2,1-18H3/b35-27-,36-28+,52-25+,53-26+/t54-,55-,56-,57-,58-,59-,60+,61+,62+,63+,64-,65-,66-,67-,68-,69-,70-,71-,72+,73+,74-,75-,76+,77-,78-,79-,80-,81-,82-,85-,86-,87-,88+,89+,90-,92+,93+/m0/s1. The molecule has 31 nitrogen and oxygen atoms in total. The van der Waals surface area contributed by atoms with Crippen LogP contribution in [0.2, 0.25) is 0 Å². The molecule has 4 bridgehead atoms. The highest BCUT2D eigenvalue weighted by atomic mass is 16.7. The van der Waals surface area contributed by atoms with E-state index in [0.717, 1.165) is 19.3 Å². The molecule has 0 aliphatic carbocycles. The third-order valence-electron chi connectivity index (χ3n) is 26.5. The average Bonchev–Trinajstić information content (AvgIpc) is 0.798. The van der Waals surface area contributed by atoms with E-state index in [4.69, 9.17) is 90.0 Å².